The van der Waals surface area contributed by atoms with Crippen LogP contribution in [0.5, 0.6) is 0 Å². The quantitative estimate of drug-likeness (QED) is 0.686. The van der Waals surface area contributed by atoms with Crippen molar-refractivity contribution < 1.29 is 9.59 Å². The molecule has 2 aromatic heterocycles. The van der Waals surface area contributed by atoms with Crippen molar-refractivity contribution >= 4 is 29.2 Å². The first-order chi connectivity index (χ1) is 13.1. The van der Waals surface area contributed by atoms with Gasteiger partial charge in [0.2, 0.25) is 5.91 Å². The summed E-state index contributed by atoms with van der Waals surface area (Å²) in [6, 6.07) is 11.2. The van der Waals surface area contributed by atoms with Gasteiger partial charge in [-0.3, -0.25) is 9.59 Å². The number of hydrogen-bond acceptors (Lipinski definition) is 3. The van der Waals surface area contributed by atoms with E-state index in [1.165, 1.54) is 6.08 Å². The molecule has 3 aromatic rings. The fourth-order valence-corrected chi connectivity index (χ4v) is 2.79. The van der Waals surface area contributed by atoms with Gasteiger partial charge in [0.15, 0.2) is 0 Å². The van der Waals surface area contributed by atoms with E-state index in [-0.39, 0.29) is 11.8 Å². The fourth-order valence-electron chi connectivity index (χ4n) is 2.79. The van der Waals surface area contributed by atoms with E-state index in [0.29, 0.717) is 17.3 Å². The van der Waals surface area contributed by atoms with Crippen molar-refractivity contribution in [1.29, 1.82) is 0 Å². The predicted molar refractivity (Wildman–Crippen MR) is 105 cm³/mol. The normalized spacial score (nSPS) is 13.8. The van der Waals surface area contributed by atoms with E-state index in [1.54, 1.807) is 18.2 Å². The zero-order chi connectivity index (χ0) is 18.8. The molecule has 1 aromatic carbocycles. The summed E-state index contributed by atoms with van der Waals surface area (Å²) in [5.74, 6) is -0.266. The topological polar surface area (TPSA) is 75.5 Å². The first-order valence-corrected chi connectivity index (χ1v) is 8.92. The number of nitrogens with zero attached hydrogens (tertiary/aromatic N) is 2. The lowest BCUT2D eigenvalue weighted by Crippen LogP contribution is -2.25. The van der Waals surface area contributed by atoms with Crippen LogP contribution in [-0.4, -0.2) is 27.2 Å². The van der Waals surface area contributed by atoms with Crippen molar-refractivity contribution in [2.45, 2.75) is 25.8 Å². The Balaban J connectivity index is 1.37. The molecule has 1 saturated carbocycles. The lowest BCUT2D eigenvalue weighted by Gasteiger charge is -2.04. The Morgan fingerprint density at radius 2 is 1.89 bits per heavy atom. The van der Waals surface area contributed by atoms with Crippen molar-refractivity contribution in [3.63, 3.8) is 0 Å². The van der Waals surface area contributed by atoms with Gasteiger partial charge in [0, 0.05) is 30.1 Å². The van der Waals surface area contributed by atoms with Gasteiger partial charge in [0.05, 0.1) is 11.4 Å². The average Bonchev–Trinajstić information content (AvgIpc) is 3.39. The van der Waals surface area contributed by atoms with Crippen molar-refractivity contribution in [1.82, 2.24) is 14.7 Å². The summed E-state index contributed by atoms with van der Waals surface area (Å²) in [5, 5.41) is 5.79. The maximum absolute atomic E-state index is 12.1. The molecule has 0 unspecified atom stereocenters. The number of nitrogens with one attached hydrogen (secondary N) is 2. The Hall–Kier alpha value is -3.41. The molecular formula is C21H20N4O2. The molecule has 0 saturated heterocycles. The van der Waals surface area contributed by atoms with Crippen LogP contribution in [0.2, 0.25) is 0 Å². The molecule has 27 heavy (non-hydrogen) atoms. The van der Waals surface area contributed by atoms with Gasteiger partial charge >= 0.3 is 0 Å². The van der Waals surface area contributed by atoms with Gasteiger partial charge in [-0.25, -0.2) is 4.98 Å². The molecule has 6 heteroatoms. The van der Waals surface area contributed by atoms with E-state index in [0.717, 1.165) is 29.7 Å². The standard InChI is InChI=1S/C21H20N4O2/c1-14-12-25-13-18(9-10-19(25)22-14)23-20(26)11-4-15-2-5-16(6-3-15)21(27)24-17-7-8-17/h2-6,9-13,17H,7-8H2,1H3,(H,23,26)(H,24,27). The first kappa shape index (κ1) is 17.0. The molecule has 6 nitrogen and oxygen atoms in total. The van der Waals surface area contributed by atoms with Gasteiger partial charge in [-0.2, -0.15) is 0 Å². The predicted octanol–water partition coefficient (Wildman–Crippen LogP) is 3.19. The number of carbonyl (C=O) groups is 2. The Bertz CT molecular complexity index is 1030. The number of rotatable bonds is 5. The summed E-state index contributed by atoms with van der Waals surface area (Å²) in [4.78, 5) is 28.5. The van der Waals surface area contributed by atoms with E-state index in [9.17, 15) is 9.59 Å². The number of anilines is 1. The van der Waals surface area contributed by atoms with Crippen LogP contribution < -0.4 is 10.6 Å². The van der Waals surface area contributed by atoms with Gasteiger partial charge in [-0.1, -0.05) is 12.1 Å². The number of amides is 2. The molecular weight excluding hydrogens is 340 g/mol. The zero-order valence-electron chi connectivity index (χ0n) is 15.0. The number of imidazole rings is 1. The highest BCUT2D eigenvalue weighted by Gasteiger charge is 2.23. The third kappa shape index (κ3) is 4.23. The third-order valence-electron chi connectivity index (χ3n) is 4.35. The van der Waals surface area contributed by atoms with Gasteiger partial charge in [0.1, 0.15) is 5.65 Å². The number of carbonyl (C=O) groups excluding carboxylic acids is 2. The van der Waals surface area contributed by atoms with Crippen molar-refractivity contribution in [3.8, 4) is 0 Å². The fraction of sp³-hybridized carbons (Fsp3) is 0.190. The van der Waals surface area contributed by atoms with Crippen molar-refractivity contribution in [2.24, 2.45) is 0 Å². The summed E-state index contributed by atoms with van der Waals surface area (Å²) in [5.41, 5.74) is 3.95. The Kier molecular flexibility index (Phi) is 4.46. The summed E-state index contributed by atoms with van der Waals surface area (Å²) >= 11 is 0. The summed E-state index contributed by atoms with van der Waals surface area (Å²) in [6.45, 7) is 1.93. The molecule has 2 N–H and O–H groups in total. The number of hydrogen-bond donors (Lipinski definition) is 2. The van der Waals surface area contributed by atoms with Crippen LogP contribution in [0.15, 0.2) is 54.9 Å². The van der Waals surface area contributed by atoms with Crippen molar-refractivity contribution in [2.75, 3.05) is 5.32 Å². The third-order valence-corrected chi connectivity index (χ3v) is 4.35. The maximum atomic E-state index is 12.1. The molecule has 2 amide bonds. The highest BCUT2D eigenvalue weighted by molar-refractivity contribution is 6.02. The molecule has 0 radical (unpaired) electrons. The van der Waals surface area contributed by atoms with Gasteiger partial charge < -0.3 is 15.0 Å². The van der Waals surface area contributed by atoms with Crippen LogP contribution in [0.1, 0.15) is 34.5 Å². The van der Waals surface area contributed by atoms with E-state index in [4.69, 9.17) is 0 Å². The first-order valence-electron chi connectivity index (χ1n) is 8.92. The van der Waals surface area contributed by atoms with Gasteiger partial charge in [-0.05, 0) is 55.7 Å². The molecule has 1 fully saturated rings. The number of pyridine rings is 1. The van der Waals surface area contributed by atoms with E-state index >= 15 is 0 Å². The average molecular weight is 360 g/mol. The molecule has 1 aliphatic carbocycles. The molecule has 0 bridgehead atoms. The van der Waals surface area contributed by atoms with Crippen LogP contribution >= 0.6 is 0 Å². The monoisotopic (exact) mass is 360 g/mol. The maximum Gasteiger partial charge on any atom is 0.251 e. The molecule has 4 rings (SSSR count). The molecule has 2 heterocycles. The minimum atomic E-state index is -0.221. The second-order valence-corrected chi connectivity index (χ2v) is 6.76. The largest absolute Gasteiger partial charge is 0.349 e. The van der Waals surface area contributed by atoms with Crippen LogP contribution in [0.25, 0.3) is 11.7 Å². The molecule has 136 valence electrons. The minimum Gasteiger partial charge on any atom is -0.349 e. The smallest absolute Gasteiger partial charge is 0.251 e. The zero-order valence-corrected chi connectivity index (χ0v) is 15.0. The van der Waals surface area contributed by atoms with Gasteiger partial charge in [-0.15, -0.1) is 0 Å². The summed E-state index contributed by atoms with van der Waals surface area (Å²) < 4.78 is 1.88. The molecule has 0 atom stereocenters. The van der Waals surface area contributed by atoms with E-state index in [1.807, 2.05) is 48.0 Å². The summed E-state index contributed by atoms with van der Waals surface area (Å²) in [6.07, 6.45) is 9.06. The van der Waals surface area contributed by atoms with Crippen LogP contribution in [0.4, 0.5) is 5.69 Å². The Morgan fingerprint density at radius 1 is 1.11 bits per heavy atom. The lowest BCUT2D eigenvalue weighted by atomic mass is 10.1. The van der Waals surface area contributed by atoms with Crippen LogP contribution in [-0.2, 0) is 4.79 Å². The Morgan fingerprint density at radius 3 is 2.63 bits per heavy atom. The summed E-state index contributed by atoms with van der Waals surface area (Å²) in [7, 11) is 0. The lowest BCUT2D eigenvalue weighted by molar-refractivity contribution is -0.111. The Labute approximate surface area is 156 Å². The van der Waals surface area contributed by atoms with E-state index in [2.05, 4.69) is 15.6 Å². The second-order valence-electron chi connectivity index (χ2n) is 6.76. The number of fused-ring (bicyclic) bond motifs is 1. The SMILES string of the molecule is Cc1cn2cc(NC(=O)C=Cc3ccc(C(=O)NC4CC4)cc3)ccc2n1. The van der Waals surface area contributed by atoms with Crippen molar-refractivity contribution in [3.05, 3.63) is 71.7 Å². The molecule has 0 aliphatic heterocycles. The second kappa shape index (κ2) is 7.07. The van der Waals surface area contributed by atoms with Crippen LogP contribution in [0, 0.1) is 6.92 Å². The van der Waals surface area contributed by atoms with Crippen LogP contribution in [0.3, 0.4) is 0 Å². The molecule has 0 spiro atoms. The number of benzene rings is 1. The highest BCUT2D eigenvalue weighted by Crippen LogP contribution is 2.19. The highest BCUT2D eigenvalue weighted by atomic mass is 16.2. The van der Waals surface area contributed by atoms with E-state index < -0.39 is 0 Å². The minimum absolute atomic E-state index is 0.0455. The number of aromatic nitrogens is 2. The molecule has 1 aliphatic rings. The number of aryl methyl sites for hydroxylation is 1. The van der Waals surface area contributed by atoms with Gasteiger partial charge in [0.25, 0.3) is 5.91 Å².